The van der Waals surface area contributed by atoms with Crippen molar-refractivity contribution in [1.82, 2.24) is 10.2 Å². The number of nitrogens with two attached hydrogens (primary N) is 1. The highest BCUT2D eigenvalue weighted by Gasteiger charge is 2.13. The minimum atomic E-state index is -0.992. The zero-order valence-corrected chi connectivity index (χ0v) is 8.82. The second-order valence-electron chi connectivity index (χ2n) is 3.69. The van der Waals surface area contributed by atoms with Gasteiger partial charge in [0.25, 0.3) is 0 Å². The van der Waals surface area contributed by atoms with Gasteiger partial charge in [0.15, 0.2) is 0 Å². The Hall–Kier alpha value is -0.850. The molecule has 0 aliphatic carbocycles. The summed E-state index contributed by atoms with van der Waals surface area (Å²) in [6.07, 6.45) is -0.322. The van der Waals surface area contributed by atoms with Gasteiger partial charge in [-0.25, -0.2) is 4.79 Å². The third-order valence-electron chi connectivity index (χ3n) is 2.39. The van der Waals surface area contributed by atoms with Crippen molar-refractivity contribution in [2.24, 2.45) is 5.73 Å². The molecular weight excluding hydrogens is 198 g/mol. The lowest BCUT2D eigenvalue weighted by Crippen LogP contribution is -2.44. The molecule has 0 bridgehead atoms. The largest absolute Gasteiger partial charge is 0.465 e. The maximum Gasteiger partial charge on any atom is 0.404 e. The van der Waals surface area contributed by atoms with Crippen molar-refractivity contribution in [1.29, 1.82) is 0 Å². The lowest BCUT2D eigenvalue weighted by atomic mass is 10.2. The molecule has 1 atom stereocenters. The Balaban J connectivity index is 2.06. The number of carboxylic acid groups (broad SMARTS) is 1. The third kappa shape index (κ3) is 5.56. The highest BCUT2D eigenvalue weighted by molar-refractivity contribution is 5.64. The predicted molar refractivity (Wildman–Crippen MR) is 55.9 cm³/mol. The van der Waals surface area contributed by atoms with Gasteiger partial charge in [-0.2, -0.15) is 0 Å². The van der Waals surface area contributed by atoms with Crippen molar-refractivity contribution < 1.29 is 14.6 Å². The summed E-state index contributed by atoms with van der Waals surface area (Å²) in [4.78, 5) is 12.4. The van der Waals surface area contributed by atoms with E-state index in [9.17, 15) is 4.79 Å². The molecule has 0 aromatic rings. The molecule has 1 saturated heterocycles. The molecule has 1 fully saturated rings. The molecule has 0 spiro atoms. The summed E-state index contributed by atoms with van der Waals surface area (Å²) in [5.74, 6) is 0. The fourth-order valence-electron chi connectivity index (χ4n) is 1.57. The topological polar surface area (TPSA) is 87.8 Å². The van der Waals surface area contributed by atoms with E-state index in [1.807, 2.05) is 0 Å². The molecule has 0 aromatic heterocycles. The maximum absolute atomic E-state index is 10.2. The molecule has 1 amide bonds. The highest BCUT2D eigenvalue weighted by atomic mass is 16.5. The monoisotopic (exact) mass is 217 g/mol. The van der Waals surface area contributed by atoms with Crippen molar-refractivity contribution in [3.63, 3.8) is 0 Å². The van der Waals surface area contributed by atoms with Crippen LogP contribution in [-0.2, 0) is 4.74 Å². The summed E-state index contributed by atoms with van der Waals surface area (Å²) in [5.41, 5.74) is 5.88. The van der Waals surface area contributed by atoms with Crippen LogP contribution in [0.4, 0.5) is 4.79 Å². The van der Waals surface area contributed by atoms with Crippen molar-refractivity contribution in [3.8, 4) is 0 Å². The highest BCUT2D eigenvalue weighted by Crippen LogP contribution is 1.99. The number of hydrogen-bond donors (Lipinski definition) is 3. The molecule has 0 unspecified atom stereocenters. The second kappa shape index (κ2) is 6.60. The first-order chi connectivity index (χ1) is 7.18. The van der Waals surface area contributed by atoms with E-state index in [0.29, 0.717) is 13.0 Å². The molecule has 1 aliphatic rings. The van der Waals surface area contributed by atoms with Crippen LogP contribution in [0.3, 0.4) is 0 Å². The van der Waals surface area contributed by atoms with Crippen LogP contribution in [0.5, 0.6) is 0 Å². The summed E-state index contributed by atoms with van der Waals surface area (Å²) in [6, 6.07) is 0.0231. The van der Waals surface area contributed by atoms with Gasteiger partial charge in [-0.15, -0.1) is 0 Å². The standard InChI is InChI=1S/C9H19N3O3/c10-8(1-2-11-9(13)14)7-12-3-5-15-6-4-12/h8,11H,1-7,10H2,(H,13,14)/t8-/m0/s1. The molecule has 1 rings (SSSR count). The summed E-state index contributed by atoms with van der Waals surface area (Å²) in [7, 11) is 0. The second-order valence-corrected chi connectivity index (χ2v) is 3.69. The van der Waals surface area contributed by atoms with Gasteiger partial charge in [0.2, 0.25) is 0 Å². The van der Waals surface area contributed by atoms with Gasteiger partial charge in [-0.05, 0) is 6.42 Å². The Morgan fingerprint density at radius 1 is 1.53 bits per heavy atom. The van der Waals surface area contributed by atoms with Crippen LogP contribution in [0.25, 0.3) is 0 Å². The number of rotatable bonds is 5. The zero-order chi connectivity index (χ0) is 11.1. The number of nitrogens with one attached hydrogen (secondary N) is 1. The first kappa shape index (κ1) is 12.2. The van der Waals surface area contributed by atoms with Crippen LogP contribution >= 0.6 is 0 Å². The van der Waals surface area contributed by atoms with Crippen molar-refractivity contribution >= 4 is 6.09 Å². The molecule has 4 N–H and O–H groups in total. The van der Waals surface area contributed by atoms with Crippen LogP contribution in [0, 0.1) is 0 Å². The minimum absolute atomic E-state index is 0.0231. The number of hydrogen-bond acceptors (Lipinski definition) is 4. The minimum Gasteiger partial charge on any atom is -0.465 e. The average Bonchev–Trinajstić information content (AvgIpc) is 2.18. The maximum atomic E-state index is 10.2. The van der Waals surface area contributed by atoms with Crippen LogP contribution in [-0.4, -0.2) is 61.5 Å². The number of nitrogens with zero attached hydrogens (tertiary/aromatic N) is 1. The fourth-order valence-corrected chi connectivity index (χ4v) is 1.57. The van der Waals surface area contributed by atoms with Crippen LogP contribution < -0.4 is 11.1 Å². The van der Waals surface area contributed by atoms with Crippen LogP contribution in [0.15, 0.2) is 0 Å². The number of ether oxygens (including phenoxy) is 1. The van der Waals surface area contributed by atoms with E-state index in [2.05, 4.69) is 10.2 Å². The van der Waals surface area contributed by atoms with E-state index in [4.69, 9.17) is 15.6 Å². The Morgan fingerprint density at radius 3 is 2.80 bits per heavy atom. The molecule has 1 heterocycles. The van der Waals surface area contributed by atoms with Gasteiger partial charge in [-0.3, -0.25) is 4.90 Å². The number of morpholine rings is 1. The molecule has 15 heavy (non-hydrogen) atoms. The van der Waals surface area contributed by atoms with Crippen molar-refractivity contribution in [2.45, 2.75) is 12.5 Å². The quantitative estimate of drug-likeness (QED) is 0.567. The Kier molecular flexibility index (Phi) is 5.38. The lowest BCUT2D eigenvalue weighted by Gasteiger charge is -2.28. The summed E-state index contributed by atoms with van der Waals surface area (Å²) >= 11 is 0. The summed E-state index contributed by atoms with van der Waals surface area (Å²) < 4.78 is 5.22. The summed E-state index contributed by atoms with van der Waals surface area (Å²) in [6.45, 7) is 4.59. The number of amides is 1. The zero-order valence-electron chi connectivity index (χ0n) is 8.82. The molecule has 88 valence electrons. The number of carbonyl (C=O) groups is 1. The van der Waals surface area contributed by atoms with E-state index in [0.717, 1.165) is 32.8 Å². The van der Waals surface area contributed by atoms with Gasteiger partial charge in [0, 0.05) is 32.2 Å². The Bertz CT molecular complexity index is 195. The first-order valence-electron chi connectivity index (χ1n) is 5.21. The average molecular weight is 217 g/mol. The Morgan fingerprint density at radius 2 is 2.20 bits per heavy atom. The fraction of sp³-hybridized carbons (Fsp3) is 0.889. The molecule has 0 radical (unpaired) electrons. The molecule has 6 nitrogen and oxygen atoms in total. The molecule has 1 aliphatic heterocycles. The summed E-state index contributed by atoms with van der Waals surface area (Å²) in [5, 5.41) is 10.7. The third-order valence-corrected chi connectivity index (χ3v) is 2.39. The van der Waals surface area contributed by atoms with Crippen molar-refractivity contribution in [3.05, 3.63) is 0 Å². The van der Waals surface area contributed by atoms with Crippen LogP contribution in [0.2, 0.25) is 0 Å². The van der Waals surface area contributed by atoms with Gasteiger partial charge >= 0.3 is 6.09 Å². The SMILES string of the molecule is N[C@@H](CCNC(=O)O)CN1CCOCC1. The predicted octanol–water partition coefficient (Wildman–Crippen LogP) is -0.696. The molecule has 6 heteroatoms. The normalized spacial score (nSPS) is 19.8. The lowest BCUT2D eigenvalue weighted by molar-refractivity contribution is 0.0350. The smallest absolute Gasteiger partial charge is 0.404 e. The van der Waals surface area contributed by atoms with Gasteiger partial charge in [0.05, 0.1) is 13.2 Å². The first-order valence-corrected chi connectivity index (χ1v) is 5.21. The van der Waals surface area contributed by atoms with E-state index in [1.165, 1.54) is 0 Å². The molecular formula is C9H19N3O3. The van der Waals surface area contributed by atoms with E-state index >= 15 is 0 Å². The van der Waals surface area contributed by atoms with E-state index in [1.54, 1.807) is 0 Å². The van der Waals surface area contributed by atoms with E-state index in [-0.39, 0.29) is 6.04 Å². The van der Waals surface area contributed by atoms with Gasteiger partial charge < -0.3 is 20.9 Å². The molecule has 0 aromatic carbocycles. The Labute approximate surface area is 89.4 Å². The van der Waals surface area contributed by atoms with E-state index < -0.39 is 6.09 Å². The molecule has 0 saturated carbocycles. The van der Waals surface area contributed by atoms with Gasteiger partial charge in [0.1, 0.15) is 0 Å². The van der Waals surface area contributed by atoms with Crippen LogP contribution in [0.1, 0.15) is 6.42 Å². The van der Waals surface area contributed by atoms with Crippen molar-refractivity contribution in [2.75, 3.05) is 39.4 Å². The van der Waals surface area contributed by atoms with Gasteiger partial charge in [-0.1, -0.05) is 0 Å².